The van der Waals surface area contributed by atoms with Crippen molar-refractivity contribution in [1.29, 1.82) is 0 Å². The van der Waals surface area contributed by atoms with Gasteiger partial charge in [-0.15, -0.1) is 0 Å². The minimum absolute atomic E-state index is 0.205. The Morgan fingerprint density at radius 1 is 1.21 bits per heavy atom. The summed E-state index contributed by atoms with van der Waals surface area (Å²) >= 11 is 1.26. The van der Waals surface area contributed by atoms with Crippen LogP contribution in [0.15, 0.2) is 47.4 Å². The molecule has 1 fully saturated rings. The zero-order valence-corrected chi connectivity index (χ0v) is 19.7. The Labute approximate surface area is 195 Å². The average molecular weight is 494 g/mol. The highest BCUT2D eigenvalue weighted by atomic mass is 32.2. The first-order valence-corrected chi connectivity index (χ1v) is 13.1. The van der Waals surface area contributed by atoms with Gasteiger partial charge in [-0.1, -0.05) is 11.3 Å². The van der Waals surface area contributed by atoms with Crippen molar-refractivity contribution in [2.75, 3.05) is 57.2 Å². The second-order valence-corrected chi connectivity index (χ2v) is 10.7. The molecular weight excluding hydrogens is 469 g/mol. The first kappa shape index (κ1) is 23.6. The quantitative estimate of drug-likeness (QED) is 0.477. The zero-order chi connectivity index (χ0) is 23.4. The molecule has 0 unspecified atom stereocenters. The first-order chi connectivity index (χ1) is 15.8. The number of carbonyl (C=O) groups excluding carboxylic acids is 1. The van der Waals surface area contributed by atoms with E-state index in [0.29, 0.717) is 47.4 Å². The summed E-state index contributed by atoms with van der Waals surface area (Å²) in [5.41, 5.74) is 0.617. The molecule has 2 aromatic carbocycles. The summed E-state index contributed by atoms with van der Waals surface area (Å²) in [6.07, 6.45) is 1.15. The Balaban J connectivity index is 1.55. The number of benzene rings is 2. The van der Waals surface area contributed by atoms with Crippen LogP contribution in [0.5, 0.6) is 5.75 Å². The Morgan fingerprint density at radius 3 is 2.64 bits per heavy atom. The van der Waals surface area contributed by atoms with E-state index in [-0.39, 0.29) is 23.2 Å². The fraction of sp³-hybridized carbons (Fsp3) is 0.364. The summed E-state index contributed by atoms with van der Waals surface area (Å²) in [6, 6.07) is 10.2. The molecule has 4 rings (SSSR count). The number of halogens is 1. The van der Waals surface area contributed by atoms with Crippen molar-refractivity contribution in [2.45, 2.75) is 4.90 Å². The molecule has 2 heterocycles. The molecule has 0 N–H and O–H groups in total. The number of morpholine rings is 1. The molecular formula is C22H24FN3O5S2. The van der Waals surface area contributed by atoms with E-state index in [0.717, 1.165) is 19.3 Å². The van der Waals surface area contributed by atoms with Crippen molar-refractivity contribution < 1.29 is 27.1 Å². The normalized spacial score (nSPS) is 15.0. The highest BCUT2D eigenvalue weighted by Crippen LogP contribution is 2.31. The number of ether oxygens (including phenoxy) is 2. The van der Waals surface area contributed by atoms with Gasteiger partial charge in [-0.3, -0.25) is 14.6 Å². The number of anilines is 1. The molecule has 0 aliphatic carbocycles. The van der Waals surface area contributed by atoms with Crippen LogP contribution in [0.2, 0.25) is 0 Å². The molecule has 176 valence electrons. The van der Waals surface area contributed by atoms with E-state index in [1.807, 2.05) is 0 Å². The maximum absolute atomic E-state index is 13.1. The van der Waals surface area contributed by atoms with Gasteiger partial charge in [0.05, 0.1) is 28.3 Å². The molecule has 1 amide bonds. The van der Waals surface area contributed by atoms with Gasteiger partial charge in [0.2, 0.25) is 0 Å². The number of nitrogens with zero attached hydrogens (tertiary/aromatic N) is 3. The number of sulfone groups is 1. The molecule has 3 aromatic rings. The first-order valence-electron chi connectivity index (χ1n) is 10.4. The topological polar surface area (TPSA) is 89.0 Å². The number of fused-ring (bicyclic) bond motifs is 1. The van der Waals surface area contributed by atoms with Crippen LogP contribution in [-0.2, 0) is 19.4 Å². The van der Waals surface area contributed by atoms with Gasteiger partial charge >= 0.3 is 0 Å². The van der Waals surface area contributed by atoms with Crippen molar-refractivity contribution in [3.8, 4) is 5.75 Å². The third-order valence-corrected chi connectivity index (χ3v) is 7.38. The highest BCUT2D eigenvalue weighted by molar-refractivity contribution is 7.90. The number of carbonyl (C=O) groups is 1. The molecule has 0 saturated carbocycles. The van der Waals surface area contributed by atoms with Crippen LogP contribution in [0.3, 0.4) is 0 Å². The van der Waals surface area contributed by atoms with Gasteiger partial charge < -0.3 is 9.47 Å². The summed E-state index contributed by atoms with van der Waals surface area (Å²) in [5, 5.41) is 0.469. The van der Waals surface area contributed by atoms with Crippen LogP contribution in [0.25, 0.3) is 10.2 Å². The van der Waals surface area contributed by atoms with E-state index in [4.69, 9.17) is 9.47 Å². The van der Waals surface area contributed by atoms with Crippen LogP contribution in [0.4, 0.5) is 9.52 Å². The standard InChI is InChI=1S/C22H24FN3O5S2/c1-33(28,29)18-6-7-19-20(14-18)32-22(24-19)26(9-8-25-10-12-30-13-11-25)21(27)15-31-17-4-2-16(23)3-5-17/h2-7,14H,8-13,15H2,1H3. The molecule has 1 aliphatic rings. The lowest BCUT2D eigenvalue weighted by atomic mass is 10.3. The van der Waals surface area contributed by atoms with E-state index in [1.165, 1.54) is 41.7 Å². The smallest absolute Gasteiger partial charge is 0.266 e. The molecule has 33 heavy (non-hydrogen) atoms. The highest BCUT2D eigenvalue weighted by Gasteiger charge is 2.22. The van der Waals surface area contributed by atoms with E-state index >= 15 is 0 Å². The molecule has 8 nitrogen and oxygen atoms in total. The predicted octanol–water partition coefficient (Wildman–Crippen LogP) is 2.58. The Morgan fingerprint density at radius 2 is 1.94 bits per heavy atom. The van der Waals surface area contributed by atoms with Gasteiger partial charge in [0.25, 0.3) is 5.91 Å². The van der Waals surface area contributed by atoms with Crippen molar-refractivity contribution >= 4 is 42.4 Å². The zero-order valence-electron chi connectivity index (χ0n) is 18.1. The fourth-order valence-corrected chi connectivity index (χ4v) is 5.16. The largest absolute Gasteiger partial charge is 0.484 e. The molecule has 0 spiro atoms. The van der Waals surface area contributed by atoms with E-state index in [1.54, 1.807) is 17.0 Å². The van der Waals surface area contributed by atoms with Crippen molar-refractivity contribution in [3.63, 3.8) is 0 Å². The monoisotopic (exact) mass is 493 g/mol. The van der Waals surface area contributed by atoms with Gasteiger partial charge in [-0.2, -0.15) is 0 Å². The van der Waals surface area contributed by atoms with Crippen LogP contribution in [0, 0.1) is 5.82 Å². The molecule has 1 aliphatic heterocycles. The van der Waals surface area contributed by atoms with Crippen LogP contribution in [0.1, 0.15) is 0 Å². The summed E-state index contributed by atoms with van der Waals surface area (Å²) in [6.45, 7) is 3.66. The lowest BCUT2D eigenvalue weighted by molar-refractivity contribution is -0.120. The predicted molar refractivity (Wildman–Crippen MR) is 124 cm³/mol. The minimum Gasteiger partial charge on any atom is -0.484 e. The van der Waals surface area contributed by atoms with Gasteiger partial charge in [-0.05, 0) is 42.5 Å². The maximum Gasteiger partial charge on any atom is 0.266 e. The average Bonchev–Trinajstić information content (AvgIpc) is 3.22. The second kappa shape index (κ2) is 10.1. The molecule has 11 heteroatoms. The molecule has 0 bridgehead atoms. The summed E-state index contributed by atoms with van der Waals surface area (Å²) in [4.78, 5) is 21.7. The number of rotatable bonds is 8. The third kappa shape index (κ3) is 6.05. The SMILES string of the molecule is CS(=O)(=O)c1ccc2nc(N(CCN3CCOCC3)C(=O)COc3ccc(F)cc3)sc2c1. The van der Waals surface area contributed by atoms with Crippen LogP contribution in [-0.4, -0.2) is 76.5 Å². The Hall–Kier alpha value is -2.60. The second-order valence-electron chi connectivity index (χ2n) is 7.64. The number of hydrogen-bond donors (Lipinski definition) is 0. The van der Waals surface area contributed by atoms with Crippen LogP contribution >= 0.6 is 11.3 Å². The Kier molecular flexibility index (Phi) is 7.23. The molecule has 0 radical (unpaired) electrons. The van der Waals surface area contributed by atoms with Crippen molar-refractivity contribution in [2.24, 2.45) is 0 Å². The van der Waals surface area contributed by atoms with Gasteiger partial charge in [0, 0.05) is 32.4 Å². The van der Waals surface area contributed by atoms with Crippen molar-refractivity contribution in [3.05, 3.63) is 48.3 Å². The number of hydrogen-bond acceptors (Lipinski definition) is 8. The van der Waals surface area contributed by atoms with Gasteiger partial charge in [0.15, 0.2) is 21.6 Å². The van der Waals surface area contributed by atoms with Gasteiger partial charge in [0.1, 0.15) is 11.6 Å². The number of amides is 1. The van der Waals surface area contributed by atoms with E-state index in [9.17, 15) is 17.6 Å². The molecule has 1 saturated heterocycles. The van der Waals surface area contributed by atoms with Crippen LogP contribution < -0.4 is 9.64 Å². The molecule has 1 aromatic heterocycles. The maximum atomic E-state index is 13.1. The van der Waals surface area contributed by atoms with E-state index in [2.05, 4.69) is 9.88 Å². The van der Waals surface area contributed by atoms with E-state index < -0.39 is 9.84 Å². The van der Waals surface area contributed by atoms with Gasteiger partial charge in [-0.25, -0.2) is 17.8 Å². The summed E-state index contributed by atoms with van der Waals surface area (Å²) in [5.74, 6) is -0.293. The number of thiazole rings is 1. The molecule has 0 atom stereocenters. The minimum atomic E-state index is -3.36. The Bertz CT molecular complexity index is 1220. The fourth-order valence-electron chi connectivity index (χ4n) is 3.39. The summed E-state index contributed by atoms with van der Waals surface area (Å²) in [7, 11) is -3.36. The lowest BCUT2D eigenvalue weighted by Gasteiger charge is -2.29. The van der Waals surface area contributed by atoms with Crippen molar-refractivity contribution in [1.82, 2.24) is 9.88 Å². The number of aromatic nitrogens is 1. The summed E-state index contributed by atoms with van der Waals surface area (Å²) < 4.78 is 48.6. The lowest BCUT2D eigenvalue weighted by Crippen LogP contribution is -2.44. The third-order valence-electron chi connectivity index (χ3n) is 5.23.